The van der Waals surface area contributed by atoms with Crippen molar-refractivity contribution in [2.24, 2.45) is 0 Å². The SMILES string of the molecule is CCCC(CC)(CC)O[SiH2]CC[SiH2]OC(CC)(CC)CCC. The van der Waals surface area contributed by atoms with Crippen LogP contribution in [0.25, 0.3) is 0 Å². The molecule has 0 aliphatic carbocycles. The molecule has 0 fully saturated rings. The average Bonchev–Trinajstić information content (AvgIpc) is 2.56. The molecule has 0 heterocycles. The average molecular weight is 347 g/mol. The van der Waals surface area contributed by atoms with Crippen molar-refractivity contribution in [3.63, 3.8) is 0 Å². The number of hydrogen-bond acceptors (Lipinski definition) is 2. The molecule has 0 amide bonds. The highest BCUT2D eigenvalue weighted by atomic mass is 28.2. The minimum Gasteiger partial charge on any atom is -0.419 e. The highest BCUT2D eigenvalue weighted by Gasteiger charge is 2.26. The lowest BCUT2D eigenvalue weighted by Crippen LogP contribution is -2.33. The van der Waals surface area contributed by atoms with Gasteiger partial charge in [0.25, 0.3) is 0 Å². The molecule has 2 nitrogen and oxygen atoms in total. The van der Waals surface area contributed by atoms with Gasteiger partial charge in [-0.3, -0.25) is 0 Å². The minimum atomic E-state index is -0.369. The van der Waals surface area contributed by atoms with E-state index in [4.69, 9.17) is 8.85 Å². The van der Waals surface area contributed by atoms with Crippen LogP contribution in [0.1, 0.15) is 92.9 Å². The summed E-state index contributed by atoms with van der Waals surface area (Å²) in [5, 5.41) is 0. The molecule has 0 saturated carbocycles. The lowest BCUT2D eigenvalue weighted by atomic mass is 9.92. The zero-order chi connectivity index (χ0) is 16.9. The van der Waals surface area contributed by atoms with Crippen molar-refractivity contribution in [1.29, 1.82) is 0 Å². The first-order chi connectivity index (χ1) is 10.6. The number of rotatable bonds is 15. The number of hydrogen-bond donors (Lipinski definition) is 0. The smallest absolute Gasteiger partial charge is 0.162 e. The Morgan fingerprint density at radius 2 is 0.909 bits per heavy atom. The van der Waals surface area contributed by atoms with Crippen molar-refractivity contribution < 1.29 is 8.85 Å². The second-order valence-corrected chi connectivity index (χ2v) is 9.49. The van der Waals surface area contributed by atoms with Crippen LogP contribution in [0.4, 0.5) is 0 Å². The molecule has 0 spiro atoms. The summed E-state index contributed by atoms with van der Waals surface area (Å²) in [5.41, 5.74) is 0.393. The van der Waals surface area contributed by atoms with Gasteiger partial charge in [-0.05, 0) is 50.6 Å². The summed E-state index contributed by atoms with van der Waals surface area (Å²) in [6, 6.07) is 2.63. The fraction of sp³-hybridized carbons (Fsp3) is 1.00. The summed E-state index contributed by atoms with van der Waals surface area (Å²) in [5.74, 6) is 0. The molecule has 0 aliphatic rings. The Morgan fingerprint density at radius 3 is 1.14 bits per heavy atom. The minimum absolute atomic E-state index is 0.197. The van der Waals surface area contributed by atoms with Gasteiger partial charge in [-0.2, -0.15) is 0 Å². The maximum atomic E-state index is 6.41. The third-order valence-corrected chi connectivity index (χ3v) is 9.55. The molecule has 0 unspecified atom stereocenters. The highest BCUT2D eigenvalue weighted by molar-refractivity contribution is 6.34. The maximum absolute atomic E-state index is 6.41. The molecular formula is C18H42O2Si2. The van der Waals surface area contributed by atoms with Crippen LogP contribution in [0.2, 0.25) is 12.1 Å². The molecule has 22 heavy (non-hydrogen) atoms. The quantitative estimate of drug-likeness (QED) is 0.315. The van der Waals surface area contributed by atoms with Crippen molar-refractivity contribution in [3.05, 3.63) is 0 Å². The second-order valence-electron chi connectivity index (χ2n) is 6.68. The van der Waals surface area contributed by atoms with Gasteiger partial charge >= 0.3 is 0 Å². The fourth-order valence-corrected chi connectivity index (χ4v) is 7.35. The van der Waals surface area contributed by atoms with Crippen LogP contribution in [-0.2, 0) is 8.85 Å². The highest BCUT2D eigenvalue weighted by Crippen LogP contribution is 2.27. The molecule has 0 aliphatic heterocycles. The van der Waals surface area contributed by atoms with Crippen LogP contribution < -0.4 is 0 Å². The van der Waals surface area contributed by atoms with Crippen LogP contribution in [0.15, 0.2) is 0 Å². The first-order valence-electron chi connectivity index (χ1n) is 9.85. The Hall–Kier alpha value is 0.354. The largest absolute Gasteiger partial charge is 0.419 e. The first kappa shape index (κ1) is 22.4. The van der Waals surface area contributed by atoms with Crippen molar-refractivity contribution >= 4 is 19.5 Å². The first-order valence-corrected chi connectivity index (χ1v) is 13.0. The summed E-state index contributed by atoms with van der Waals surface area (Å²) in [6.07, 6.45) is 9.61. The Kier molecular flexibility index (Phi) is 12.9. The molecule has 134 valence electrons. The third-order valence-electron chi connectivity index (χ3n) is 5.34. The van der Waals surface area contributed by atoms with E-state index < -0.39 is 0 Å². The van der Waals surface area contributed by atoms with E-state index in [2.05, 4.69) is 41.5 Å². The van der Waals surface area contributed by atoms with E-state index in [1.165, 1.54) is 63.5 Å². The van der Waals surface area contributed by atoms with E-state index in [9.17, 15) is 0 Å². The van der Waals surface area contributed by atoms with Crippen molar-refractivity contribution in [1.82, 2.24) is 0 Å². The van der Waals surface area contributed by atoms with Gasteiger partial charge in [0.1, 0.15) is 0 Å². The van der Waals surface area contributed by atoms with E-state index in [0.29, 0.717) is 0 Å². The molecule has 0 rings (SSSR count). The van der Waals surface area contributed by atoms with E-state index >= 15 is 0 Å². The molecule has 0 N–H and O–H groups in total. The summed E-state index contributed by atoms with van der Waals surface area (Å²) < 4.78 is 12.8. The Labute approximate surface area is 145 Å². The molecule has 0 atom stereocenters. The van der Waals surface area contributed by atoms with Crippen LogP contribution in [0, 0.1) is 0 Å². The second kappa shape index (κ2) is 12.7. The lowest BCUT2D eigenvalue weighted by Gasteiger charge is -2.33. The molecule has 4 heteroatoms. The molecule has 0 aromatic carbocycles. The van der Waals surface area contributed by atoms with Crippen LogP contribution in [-0.4, -0.2) is 30.7 Å². The van der Waals surface area contributed by atoms with Gasteiger partial charge < -0.3 is 8.85 Å². The molecule has 0 radical (unpaired) electrons. The molecule has 0 bridgehead atoms. The molecule has 0 aromatic heterocycles. The van der Waals surface area contributed by atoms with Crippen LogP contribution >= 0.6 is 0 Å². The van der Waals surface area contributed by atoms with Crippen LogP contribution in [0.5, 0.6) is 0 Å². The molecule has 0 saturated heterocycles. The summed E-state index contributed by atoms with van der Waals surface area (Å²) in [7, 11) is -0.737. The predicted molar refractivity (Wildman–Crippen MR) is 105 cm³/mol. The normalized spacial score (nSPS) is 13.9. The van der Waals surface area contributed by atoms with E-state index in [0.717, 1.165) is 0 Å². The molecule has 0 aromatic rings. The van der Waals surface area contributed by atoms with Gasteiger partial charge in [-0.25, -0.2) is 0 Å². The Morgan fingerprint density at radius 1 is 0.591 bits per heavy atom. The van der Waals surface area contributed by atoms with E-state index in [1.54, 1.807) is 0 Å². The van der Waals surface area contributed by atoms with Gasteiger partial charge in [-0.15, -0.1) is 0 Å². The predicted octanol–water partition coefficient (Wildman–Crippen LogP) is 4.74. The van der Waals surface area contributed by atoms with Gasteiger partial charge in [0, 0.05) is 0 Å². The van der Waals surface area contributed by atoms with Gasteiger partial charge in [0.05, 0.1) is 11.2 Å². The van der Waals surface area contributed by atoms with Gasteiger partial charge in [-0.1, -0.05) is 54.4 Å². The van der Waals surface area contributed by atoms with Crippen molar-refractivity contribution in [2.75, 3.05) is 0 Å². The summed E-state index contributed by atoms with van der Waals surface area (Å²) >= 11 is 0. The lowest BCUT2D eigenvalue weighted by molar-refractivity contribution is 0.0515. The van der Waals surface area contributed by atoms with E-state index in [-0.39, 0.29) is 30.7 Å². The van der Waals surface area contributed by atoms with Crippen molar-refractivity contribution in [3.8, 4) is 0 Å². The maximum Gasteiger partial charge on any atom is 0.162 e. The zero-order valence-electron chi connectivity index (χ0n) is 16.3. The summed E-state index contributed by atoms with van der Waals surface area (Å²) in [4.78, 5) is 0. The standard InChI is InChI=1S/C18H42O2Si2/c1-7-13-17(9-3,10-4)19-21-15-16-22-20-18(11-5,12-6)14-8-2/h7-16,21-22H2,1-6H3. The van der Waals surface area contributed by atoms with Gasteiger partial charge in [0.15, 0.2) is 19.5 Å². The third kappa shape index (κ3) is 7.76. The zero-order valence-corrected chi connectivity index (χ0v) is 19.1. The Balaban J connectivity index is 4.01. The van der Waals surface area contributed by atoms with Gasteiger partial charge in [0.2, 0.25) is 0 Å². The van der Waals surface area contributed by atoms with E-state index in [1.807, 2.05) is 0 Å². The molecular weight excluding hydrogens is 304 g/mol. The topological polar surface area (TPSA) is 18.5 Å². The van der Waals surface area contributed by atoms with Crippen molar-refractivity contribution in [2.45, 2.75) is 116 Å². The summed E-state index contributed by atoms with van der Waals surface area (Å²) in [6.45, 7) is 13.7. The fourth-order valence-electron chi connectivity index (χ4n) is 3.45. The monoisotopic (exact) mass is 346 g/mol. The van der Waals surface area contributed by atoms with Crippen LogP contribution in [0.3, 0.4) is 0 Å². The Bertz CT molecular complexity index is 225.